The van der Waals surface area contributed by atoms with Gasteiger partial charge in [-0.05, 0) is 72.8 Å². The zero-order chi connectivity index (χ0) is 25.6. The van der Waals surface area contributed by atoms with Crippen LogP contribution in [0.25, 0.3) is 0 Å². The highest BCUT2D eigenvalue weighted by Gasteiger charge is 2.09. The molecule has 0 atom stereocenters. The van der Waals surface area contributed by atoms with Gasteiger partial charge in [0.15, 0.2) is 0 Å². The molecule has 0 unspecified atom stereocenters. The normalized spacial score (nSPS) is 10.2. The largest absolute Gasteiger partial charge is 0.494 e. The standard InChI is InChI=1S/C28H29NO7/c1-2-27(31)35-20-4-19-34-24-11-5-21(6-12-24)28(32)36-26-15-9-23(10-16-26)29-22-7-13-25(14-8-22)33-18-3-17-30/h2,5-16,29-30H,1,3-4,17-20H2. The molecule has 36 heavy (non-hydrogen) atoms. The summed E-state index contributed by atoms with van der Waals surface area (Å²) in [4.78, 5) is 23.4. The molecule has 8 heteroatoms. The van der Waals surface area contributed by atoms with Crippen molar-refractivity contribution in [3.8, 4) is 17.2 Å². The summed E-state index contributed by atoms with van der Waals surface area (Å²) < 4.78 is 21.4. The minimum absolute atomic E-state index is 0.103. The van der Waals surface area contributed by atoms with Gasteiger partial charge in [0, 0.05) is 36.9 Å². The van der Waals surface area contributed by atoms with Crippen molar-refractivity contribution in [3.05, 3.63) is 91.0 Å². The molecule has 3 rings (SSSR count). The molecule has 0 bridgehead atoms. The van der Waals surface area contributed by atoms with E-state index in [9.17, 15) is 9.59 Å². The maximum absolute atomic E-state index is 12.5. The Bertz CT molecular complexity index is 1110. The first-order valence-corrected chi connectivity index (χ1v) is 11.5. The number of esters is 2. The van der Waals surface area contributed by atoms with Crippen LogP contribution in [-0.4, -0.2) is 43.5 Å². The second-order valence-corrected chi connectivity index (χ2v) is 7.59. The van der Waals surface area contributed by atoms with Crippen molar-refractivity contribution in [2.75, 3.05) is 31.7 Å². The first-order chi connectivity index (χ1) is 17.6. The molecule has 0 aliphatic carbocycles. The number of hydrogen-bond acceptors (Lipinski definition) is 8. The summed E-state index contributed by atoms with van der Waals surface area (Å²) in [5.41, 5.74) is 2.12. The van der Waals surface area contributed by atoms with E-state index in [1.165, 1.54) is 0 Å². The highest BCUT2D eigenvalue weighted by molar-refractivity contribution is 5.91. The second-order valence-electron chi connectivity index (χ2n) is 7.59. The number of aliphatic hydroxyl groups excluding tert-OH is 1. The molecule has 2 N–H and O–H groups in total. The number of rotatable bonds is 14. The molecule has 0 fully saturated rings. The summed E-state index contributed by atoms with van der Waals surface area (Å²) in [7, 11) is 0. The van der Waals surface area contributed by atoms with E-state index in [1.54, 1.807) is 36.4 Å². The van der Waals surface area contributed by atoms with Gasteiger partial charge in [0.05, 0.1) is 25.4 Å². The third kappa shape index (κ3) is 8.81. The Balaban J connectivity index is 1.43. The first kappa shape index (κ1) is 26.3. The Morgan fingerprint density at radius 2 is 1.28 bits per heavy atom. The molecular weight excluding hydrogens is 462 g/mol. The minimum Gasteiger partial charge on any atom is -0.494 e. The molecule has 0 aliphatic heterocycles. The Morgan fingerprint density at radius 1 is 0.750 bits per heavy atom. The SMILES string of the molecule is C=CC(=O)OCCCOc1ccc(C(=O)Oc2ccc(Nc3ccc(OCCCO)cc3)cc2)cc1. The smallest absolute Gasteiger partial charge is 0.343 e. The van der Waals surface area contributed by atoms with Crippen LogP contribution in [0.3, 0.4) is 0 Å². The van der Waals surface area contributed by atoms with Crippen LogP contribution in [0.4, 0.5) is 11.4 Å². The average Bonchev–Trinajstić information content (AvgIpc) is 2.91. The molecule has 0 spiro atoms. The lowest BCUT2D eigenvalue weighted by Gasteiger charge is -2.10. The summed E-state index contributed by atoms with van der Waals surface area (Å²) >= 11 is 0. The zero-order valence-electron chi connectivity index (χ0n) is 19.9. The summed E-state index contributed by atoms with van der Waals surface area (Å²) in [6, 6.07) is 21.2. The van der Waals surface area contributed by atoms with Crippen molar-refractivity contribution in [1.29, 1.82) is 0 Å². The Hall–Kier alpha value is -4.30. The molecule has 0 aliphatic rings. The zero-order valence-corrected chi connectivity index (χ0v) is 19.9. The predicted molar refractivity (Wildman–Crippen MR) is 136 cm³/mol. The Morgan fingerprint density at radius 3 is 1.83 bits per heavy atom. The van der Waals surface area contributed by atoms with Gasteiger partial charge in [0.1, 0.15) is 17.2 Å². The van der Waals surface area contributed by atoms with Gasteiger partial charge in [0.2, 0.25) is 0 Å². The van der Waals surface area contributed by atoms with Crippen molar-refractivity contribution in [2.24, 2.45) is 0 Å². The molecule has 188 valence electrons. The number of hydrogen-bond donors (Lipinski definition) is 2. The third-order valence-electron chi connectivity index (χ3n) is 4.84. The van der Waals surface area contributed by atoms with Crippen molar-refractivity contribution in [3.63, 3.8) is 0 Å². The monoisotopic (exact) mass is 491 g/mol. The van der Waals surface area contributed by atoms with E-state index in [0.29, 0.717) is 43.1 Å². The summed E-state index contributed by atoms with van der Waals surface area (Å²) in [6.07, 6.45) is 2.25. The van der Waals surface area contributed by atoms with E-state index >= 15 is 0 Å². The topological polar surface area (TPSA) is 103 Å². The fourth-order valence-corrected chi connectivity index (χ4v) is 3.00. The van der Waals surface area contributed by atoms with Gasteiger partial charge in [-0.3, -0.25) is 0 Å². The van der Waals surface area contributed by atoms with E-state index in [2.05, 4.69) is 11.9 Å². The fourth-order valence-electron chi connectivity index (χ4n) is 3.00. The maximum atomic E-state index is 12.5. The molecule has 8 nitrogen and oxygen atoms in total. The number of nitrogens with one attached hydrogen (secondary N) is 1. The molecule has 0 heterocycles. The van der Waals surface area contributed by atoms with Gasteiger partial charge in [-0.25, -0.2) is 9.59 Å². The van der Waals surface area contributed by atoms with Crippen molar-refractivity contribution in [2.45, 2.75) is 12.8 Å². The van der Waals surface area contributed by atoms with Gasteiger partial charge in [-0.1, -0.05) is 6.58 Å². The molecular formula is C28H29NO7. The number of benzene rings is 3. The molecule has 0 saturated carbocycles. The highest BCUT2D eigenvalue weighted by Crippen LogP contribution is 2.23. The lowest BCUT2D eigenvalue weighted by atomic mass is 10.2. The molecule has 0 radical (unpaired) electrons. The van der Waals surface area contributed by atoms with Gasteiger partial charge in [0.25, 0.3) is 0 Å². The van der Waals surface area contributed by atoms with E-state index < -0.39 is 11.9 Å². The summed E-state index contributed by atoms with van der Waals surface area (Å²) in [6.45, 7) is 4.52. The van der Waals surface area contributed by atoms with Crippen LogP contribution in [0, 0.1) is 0 Å². The Kier molecular flexibility index (Phi) is 10.4. The van der Waals surface area contributed by atoms with Crippen LogP contribution in [0.2, 0.25) is 0 Å². The maximum Gasteiger partial charge on any atom is 0.343 e. The highest BCUT2D eigenvalue weighted by atomic mass is 16.5. The predicted octanol–water partition coefficient (Wildman–Crippen LogP) is 4.91. The van der Waals surface area contributed by atoms with Crippen LogP contribution in [0.15, 0.2) is 85.5 Å². The number of carbonyl (C=O) groups is 2. The van der Waals surface area contributed by atoms with Crippen molar-refractivity contribution < 1.29 is 33.6 Å². The van der Waals surface area contributed by atoms with Crippen LogP contribution >= 0.6 is 0 Å². The molecule has 3 aromatic carbocycles. The lowest BCUT2D eigenvalue weighted by molar-refractivity contribution is -0.137. The molecule has 0 saturated heterocycles. The van der Waals surface area contributed by atoms with Crippen molar-refractivity contribution in [1.82, 2.24) is 0 Å². The fraction of sp³-hybridized carbons (Fsp3) is 0.214. The van der Waals surface area contributed by atoms with Gasteiger partial charge in [-0.15, -0.1) is 0 Å². The lowest BCUT2D eigenvalue weighted by Crippen LogP contribution is -2.09. The number of anilines is 2. The number of ether oxygens (including phenoxy) is 4. The second kappa shape index (κ2) is 14.2. The minimum atomic E-state index is -0.476. The van der Waals surface area contributed by atoms with E-state index in [4.69, 9.17) is 24.1 Å². The molecule has 3 aromatic rings. The number of carbonyl (C=O) groups excluding carboxylic acids is 2. The average molecular weight is 492 g/mol. The van der Waals surface area contributed by atoms with E-state index in [0.717, 1.165) is 23.2 Å². The van der Waals surface area contributed by atoms with E-state index in [1.807, 2.05) is 36.4 Å². The van der Waals surface area contributed by atoms with Gasteiger partial charge < -0.3 is 29.4 Å². The molecule has 0 amide bonds. The van der Waals surface area contributed by atoms with Gasteiger partial charge in [-0.2, -0.15) is 0 Å². The first-order valence-electron chi connectivity index (χ1n) is 11.5. The van der Waals surface area contributed by atoms with Crippen LogP contribution < -0.4 is 19.5 Å². The van der Waals surface area contributed by atoms with Crippen LogP contribution in [0.5, 0.6) is 17.2 Å². The quantitative estimate of drug-likeness (QED) is 0.142. The Labute approximate surface area is 210 Å². The van der Waals surface area contributed by atoms with Crippen LogP contribution in [-0.2, 0) is 9.53 Å². The van der Waals surface area contributed by atoms with Crippen LogP contribution in [0.1, 0.15) is 23.2 Å². The molecule has 0 aromatic heterocycles. The summed E-state index contributed by atoms with van der Waals surface area (Å²) in [5.74, 6) is 0.822. The van der Waals surface area contributed by atoms with Crippen molar-refractivity contribution >= 4 is 23.3 Å². The summed E-state index contributed by atoms with van der Waals surface area (Å²) in [5, 5.41) is 12.1. The number of aliphatic hydroxyl groups is 1. The third-order valence-corrected chi connectivity index (χ3v) is 4.84. The van der Waals surface area contributed by atoms with E-state index in [-0.39, 0.29) is 13.2 Å². The van der Waals surface area contributed by atoms with Gasteiger partial charge >= 0.3 is 11.9 Å².